The van der Waals surface area contributed by atoms with E-state index in [0.29, 0.717) is 17.2 Å². The average molecular weight is 411 g/mol. The van der Waals surface area contributed by atoms with Gasteiger partial charge in [-0.25, -0.2) is 4.79 Å². The Hall–Kier alpha value is -1.09. The Morgan fingerprint density at radius 2 is 2.11 bits per heavy atom. The van der Waals surface area contributed by atoms with Gasteiger partial charge in [-0.15, -0.1) is 11.8 Å². The molecule has 4 aliphatic heterocycles. The van der Waals surface area contributed by atoms with Crippen molar-refractivity contribution in [3.05, 3.63) is 10.6 Å². The van der Waals surface area contributed by atoms with Crippen LogP contribution in [0.4, 0.5) is 0 Å². The number of thioether (sulfide) groups is 1. The summed E-state index contributed by atoms with van der Waals surface area (Å²) in [5.74, 6) is -1.15. The molecule has 0 saturated carbocycles. The third-order valence-electron chi connectivity index (χ3n) is 7.13. The van der Waals surface area contributed by atoms with Gasteiger partial charge in [0.2, 0.25) is 5.91 Å². The first-order valence-electron chi connectivity index (χ1n) is 10.3. The Kier molecular flexibility index (Phi) is 5.05. The number of carbonyl (C=O) groups excluding carboxylic acids is 1. The van der Waals surface area contributed by atoms with Crippen LogP contribution in [0.3, 0.4) is 0 Å². The van der Waals surface area contributed by atoms with Crippen molar-refractivity contribution in [2.24, 2.45) is 17.8 Å². The normalized spacial score (nSPS) is 40.6. The average Bonchev–Trinajstić information content (AvgIpc) is 3.25. The Morgan fingerprint density at radius 1 is 1.39 bits per heavy atom. The molecule has 0 unspecified atom stereocenters. The second-order valence-corrected chi connectivity index (χ2v) is 11.0. The summed E-state index contributed by atoms with van der Waals surface area (Å²) in [4.78, 5) is 26.6. The molecule has 0 radical (unpaired) electrons. The van der Waals surface area contributed by atoms with Crippen molar-refractivity contribution in [2.75, 3.05) is 33.7 Å². The Labute approximate surface area is 170 Å². The number of hydrogen-bond acceptors (Lipinski definition) is 5. The van der Waals surface area contributed by atoms with Gasteiger partial charge in [0, 0.05) is 41.0 Å². The molecule has 4 heterocycles. The van der Waals surface area contributed by atoms with Crippen molar-refractivity contribution >= 4 is 23.6 Å². The van der Waals surface area contributed by atoms with Gasteiger partial charge in [-0.3, -0.25) is 4.79 Å². The summed E-state index contributed by atoms with van der Waals surface area (Å²) in [5, 5.41) is 23.7. The van der Waals surface area contributed by atoms with Crippen LogP contribution < -0.4 is 5.32 Å². The molecule has 0 bridgehead atoms. The molecule has 4 aliphatic rings. The number of fused-ring (bicyclic) bond motifs is 1. The van der Waals surface area contributed by atoms with E-state index in [9.17, 15) is 19.8 Å². The maximum absolute atomic E-state index is 12.5. The summed E-state index contributed by atoms with van der Waals surface area (Å²) in [7, 11) is 4.57. The fourth-order valence-electron chi connectivity index (χ4n) is 5.70. The van der Waals surface area contributed by atoms with E-state index in [1.54, 1.807) is 18.7 Å². The number of carbonyl (C=O) groups is 2. The van der Waals surface area contributed by atoms with Crippen LogP contribution >= 0.6 is 11.8 Å². The molecule has 1 amide bonds. The van der Waals surface area contributed by atoms with Gasteiger partial charge in [-0.2, -0.15) is 0 Å². The minimum atomic E-state index is -1.04. The van der Waals surface area contributed by atoms with Gasteiger partial charge in [0.05, 0.1) is 45.2 Å². The first-order chi connectivity index (χ1) is 13.1. The monoisotopic (exact) mass is 410 g/mol. The topological polar surface area (TPSA) is 89.9 Å². The van der Waals surface area contributed by atoms with E-state index < -0.39 is 18.0 Å². The van der Waals surface area contributed by atoms with E-state index >= 15 is 0 Å². The number of carboxylic acids is 1. The number of likely N-dealkylation sites (tertiary alicyclic amines) is 1. The highest BCUT2D eigenvalue weighted by Crippen LogP contribution is 2.52. The lowest BCUT2D eigenvalue weighted by Gasteiger charge is -2.46. The molecule has 3 fully saturated rings. The summed E-state index contributed by atoms with van der Waals surface area (Å²) in [6, 6.07) is 0.269. The molecule has 0 aliphatic carbocycles. The number of aliphatic carboxylic acids is 1. The van der Waals surface area contributed by atoms with Gasteiger partial charge in [0.25, 0.3) is 0 Å². The lowest BCUT2D eigenvalue weighted by Crippen LogP contribution is -2.63. The van der Waals surface area contributed by atoms with Crippen molar-refractivity contribution in [3.63, 3.8) is 0 Å². The maximum atomic E-state index is 12.5. The maximum Gasteiger partial charge on any atom is 0.353 e. The van der Waals surface area contributed by atoms with Gasteiger partial charge in [0.1, 0.15) is 5.70 Å². The van der Waals surface area contributed by atoms with Crippen molar-refractivity contribution in [1.82, 2.24) is 10.2 Å². The number of aliphatic hydroxyl groups excluding tert-OH is 1. The second-order valence-electron chi connectivity index (χ2n) is 9.65. The van der Waals surface area contributed by atoms with Gasteiger partial charge in [-0.05, 0) is 13.3 Å². The molecule has 4 rings (SSSR count). The van der Waals surface area contributed by atoms with Gasteiger partial charge >= 0.3 is 5.97 Å². The molecular formula is C20H32N3O4S+. The first-order valence-corrected chi connectivity index (χ1v) is 11.2. The summed E-state index contributed by atoms with van der Waals surface area (Å²) in [6.45, 7) is 6.89. The van der Waals surface area contributed by atoms with Crippen molar-refractivity contribution in [2.45, 2.75) is 50.1 Å². The lowest BCUT2D eigenvalue weighted by atomic mass is 9.79. The summed E-state index contributed by atoms with van der Waals surface area (Å²) in [6.07, 6.45) is 1.52. The molecule has 0 aromatic carbocycles. The fourth-order valence-corrected chi connectivity index (χ4v) is 7.19. The van der Waals surface area contributed by atoms with E-state index in [1.165, 1.54) is 24.4 Å². The molecule has 8 heteroatoms. The molecule has 0 spiro atoms. The van der Waals surface area contributed by atoms with Crippen molar-refractivity contribution in [3.8, 4) is 0 Å². The number of hydrogen-bond donors (Lipinski definition) is 3. The number of nitrogens with one attached hydrogen (secondary N) is 1. The molecule has 28 heavy (non-hydrogen) atoms. The molecule has 7 nitrogen and oxygen atoms in total. The standard InChI is InChI=1S/C20H31N3O4S/c1-10-16-15(11(2)24)19(25)22(16)17(20(26)27)18(10)28-13-7-14(21-8-13)12-5-6-23(3,4)9-12/h10-16,21,24H,5-9H2,1-4H3/p+1/t10-,11-,12+,13+,14+,15-,16-/m1/s1. The number of nitrogens with zero attached hydrogens (tertiary/aromatic N) is 2. The lowest BCUT2D eigenvalue weighted by molar-refractivity contribution is -0.879. The highest BCUT2D eigenvalue weighted by atomic mass is 32.2. The van der Waals surface area contributed by atoms with Crippen LogP contribution in [0.5, 0.6) is 0 Å². The predicted molar refractivity (Wildman–Crippen MR) is 107 cm³/mol. The van der Waals surface area contributed by atoms with E-state index in [1.807, 2.05) is 6.92 Å². The highest BCUT2D eigenvalue weighted by Gasteiger charge is 2.60. The first kappa shape index (κ1) is 20.2. The molecule has 0 aromatic rings. The minimum absolute atomic E-state index is 0.0467. The van der Waals surface area contributed by atoms with Crippen LogP contribution in [-0.2, 0) is 9.59 Å². The number of β-lactam (4-membered cyclic amide) rings is 1. The number of amides is 1. The minimum Gasteiger partial charge on any atom is -0.477 e. The van der Waals surface area contributed by atoms with E-state index in [4.69, 9.17) is 0 Å². The number of rotatable bonds is 5. The predicted octanol–water partition coefficient (Wildman–Crippen LogP) is 0.700. The summed E-state index contributed by atoms with van der Waals surface area (Å²) < 4.78 is 1.07. The molecule has 3 saturated heterocycles. The zero-order valence-electron chi connectivity index (χ0n) is 17.1. The number of aliphatic hydroxyl groups is 1. The SMILES string of the molecule is C[C@@H](O)[C@H]1C(=O)N2C(C(=O)O)=C(S[C@@H]3CN[C@H]([C@H]4CC[N+](C)(C)C4)C3)[C@H](C)[C@H]12. The van der Waals surface area contributed by atoms with Gasteiger partial charge in [-0.1, -0.05) is 6.92 Å². The molecule has 156 valence electrons. The summed E-state index contributed by atoms with van der Waals surface area (Å²) in [5.41, 5.74) is 0.145. The Bertz CT molecular complexity index is 722. The van der Waals surface area contributed by atoms with E-state index in [2.05, 4.69) is 19.4 Å². The molecule has 0 aromatic heterocycles. The second kappa shape index (κ2) is 7.00. The van der Waals surface area contributed by atoms with Crippen LogP contribution in [0.1, 0.15) is 26.7 Å². The van der Waals surface area contributed by atoms with Gasteiger partial charge in [0.15, 0.2) is 0 Å². The largest absolute Gasteiger partial charge is 0.477 e. The summed E-state index contributed by atoms with van der Waals surface area (Å²) >= 11 is 1.64. The quantitative estimate of drug-likeness (QED) is 0.457. The fraction of sp³-hybridized carbons (Fsp3) is 0.800. The third-order valence-corrected chi connectivity index (χ3v) is 8.64. The zero-order valence-corrected chi connectivity index (χ0v) is 17.9. The van der Waals surface area contributed by atoms with Crippen LogP contribution in [-0.4, -0.2) is 88.6 Å². The Morgan fingerprint density at radius 3 is 2.68 bits per heavy atom. The van der Waals surface area contributed by atoms with Crippen LogP contribution in [0.2, 0.25) is 0 Å². The van der Waals surface area contributed by atoms with Crippen LogP contribution in [0.15, 0.2) is 10.6 Å². The smallest absolute Gasteiger partial charge is 0.353 e. The molecule has 7 atom stereocenters. The third kappa shape index (κ3) is 3.18. The number of quaternary nitrogens is 1. The molecule has 3 N–H and O–H groups in total. The number of carboxylic acid groups (broad SMARTS) is 1. The zero-order chi connectivity index (χ0) is 20.4. The van der Waals surface area contributed by atoms with Gasteiger partial charge < -0.3 is 24.9 Å². The van der Waals surface area contributed by atoms with Crippen molar-refractivity contribution < 1.29 is 24.3 Å². The Balaban J connectivity index is 1.47. The van der Waals surface area contributed by atoms with Crippen LogP contribution in [0.25, 0.3) is 0 Å². The molecular weight excluding hydrogens is 378 g/mol. The van der Waals surface area contributed by atoms with Crippen LogP contribution in [0, 0.1) is 17.8 Å². The van der Waals surface area contributed by atoms with Crippen molar-refractivity contribution in [1.29, 1.82) is 0 Å². The van der Waals surface area contributed by atoms with E-state index in [0.717, 1.165) is 22.4 Å². The van der Waals surface area contributed by atoms with E-state index in [-0.39, 0.29) is 23.6 Å². The highest BCUT2D eigenvalue weighted by molar-refractivity contribution is 8.03.